The lowest BCUT2D eigenvalue weighted by Gasteiger charge is -2.25. The van der Waals surface area contributed by atoms with Gasteiger partial charge in [0, 0.05) is 44.2 Å². The van der Waals surface area contributed by atoms with Crippen LogP contribution in [0.4, 0.5) is 0 Å². The van der Waals surface area contributed by atoms with Gasteiger partial charge >= 0.3 is 5.97 Å². The summed E-state index contributed by atoms with van der Waals surface area (Å²) in [6.07, 6.45) is 0. The van der Waals surface area contributed by atoms with Crippen LogP contribution >= 0.6 is 35.7 Å². The van der Waals surface area contributed by atoms with Gasteiger partial charge in [0.1, 0.15) is 0 Å². The number of carbonyl (C=O) groups excluding carboxylic acids is 1. The molecule has 0 aromatic rings. The Bertz CT molecular complexity index is 612. The van der Waals surface area contributed by atoms with Crippen LogP contribution in [0.1, 0.15) is 13.8 Å². The normalized spacial score (nSPS) is 24.4. The Morgan fingerprint density at radius 1 is 1.30 bits per heavy atom. The molecule has 0 amide bonds. The standard InChI is InChI=1S/C16H30N4O4S2.HI/c1-4-17-16(19-11-13(2)14(12-19)15(21)24-3)18-5-10-26(22,23)20-6-8-25-9-7-20;/h13-14H,4-12H2,1-3H3,(H,17,18);1H. The first-order chi connectivity index (χ1) is 12.4. The van der Waals surface area contributed by atoms with Crippen LogP contribution in [0.25, 0.3) is 0 Å². The van der Waals surface area contributed by atoms with Gasteiger partial charge in [-0.1, -0.05) is 6.92 Å². The highest BCUT2D eigenvalue weighted by Crippen LogP contribution is 2.24. The molecule has 2 aliphatic heterocycles. The fourth-order valence-corrected chi connectivity index (χ4v) is 5.70. The number of hydrogen-bond acceptors (Lipinski definition) is 6. The summed E-state index contributed by atoms with van der Waals surface area (Å²) in [5, 5.41) is 3.20. The van der Waals surface area contributed by atoms with Gasteiger partial charge in [0.15, 0.2) is 5.96 Å². The van der Waals surface area contributed by atoms with Crippen LogP contribution in [0.15, 0.2) is 4.99 Å². The predicted molar refractivity (Wildman–Crippen MR) is 120 cm³/mol. The second-order valence-electron chi connectivity index (χ2n) is 6.58. The number of methoxy groups -OCH3 is 1. The molecule has 1 N–H and O–H groups in total. The van der Waals surface area contributed by atoms with Crippen molar-refractivity contribution in [3.63, 3.8) is 0 Å². The largest absolute Gasteiger partial charge is 0.469 e. The highest BCUT2D eigenvalue weighted by Gasteiger charge is 2.37. The number of nitrogens with one attached hydrogen (secondary N) is 1. The van der Waals surface area contributed by atoms with Crippen LogP contribution in [0.3, 0.4) is 0 Å². The number of nitrogens with zero attached hydrogens (tertiary/aromatic N) is 3. The van der Waals surface area contributed by atoms with Gasteiger partial charge in [0.2, 0.25) is 10.0 Å². The topological polar surface area (TPSA) is 91.3 Å². The molecule has 0 bridgehead atoms. The smallest absolute Gasteiger partial charge is 0.310 e. The number of hydrogen-bond donors (Lipinski definition) is 1. The van der Waals surface area contributed by atoms with Gasteiger partial charge in [0.25, 0.3) is 0 Å². The molecule has 11 heteroatoms. The first-order valence-corrected chi connectivity index (χ1v) is 11.8. The first kappa shape index (κ1) is 24.8. The molecule has 158 valence electrons. The lowest BCUT2D eigenvalue weighted by atomic mass is 9.99. The van der Waals surface area contributed by atoms with Crippen molar-refractivity contribution in [3.8, 4) is 0 Å². The SMILES string of the molecule is CCNC(=NCCS(=O)(=O)N1CCSCC1)N1CC(C)C(C(=O)OC)C1.I. The summed E-state index contributed by atoms with van der Waals surface area (Å²) >= 11 is 1.78. The number of carbonyl (C=O) groups is 1. The van der Waals surface area contributed by atoms with Crippen LogP contribution in [0, 0.1) is 11.8 Å². The van der Waals surface area contributed by atoms with Crippen molar-refractivity contribution in [1.82, 2.24) is 14.5 Å². The Morgan fingerprint density at radius 2 is 1.96 bits per heavy atom. The Morgan fingerprint density at radius 3 is 2.56 bits per heavy atom. The summed E-state index contributed by atoms with van der Waals surface area (Å²) in [6.45, 7) is 7.28. The summed E-state index contributed by atoms with van der Waals surface area (Å²) in [5.41, 5.74) is 0. The molecule has 2 rings (SSSR count). The predicted octanol–water partition coefficient (Wildman–Crippen LogP) is 0.689. The maximum absolute atomic E-state index is 12.4. The average Bonchev–Trinajstić information content (AvgIpc) is 3.02. The monoisotopic (exact) mass is 534 g/mol. The molecule has 2 unspecified atom stereocenters. The fourth-order valence-electron chi connectivity index (χ4n) is 3.24. The van der Waals surface area contributed by atoms with Crippen molar-refractivity contribution in [2.75, 3.05) is 63.6 Å². The number of sulfonamides is 1. The molecule has 27 heavy (non-hydrogen) atoms. The van der Waals surface area contributed by atoms with Crippen molar-refractivity contribution in [2.45, 2.75) is 13.8 Å². The third-order valence-electron chi connectivity index (χ3n) is 4.72. The second-order valence-corrected chi connectivity index (χ2v) is 9.89. The number of rotatable bonds is 6. The van der Waals surface area contributed by atoms with Gasteiger partial charge in [-0.15, -0.1) is 24.0 Å². The minimum atomic E-state index is -3.26. The lowest BCUT2D eigenvalue weighted by Crippen LogP contribution is -2.42. The van der Waals surface area contributed by atoms with Crippen molar-refractivity contribution >= 4 is 57.7 Å². The molecule has 2 fully saturated rings. The number of ether oxygens (including phenoxy) is 1. The molecule has 0 aromatic heterocycles. The van der Waals surface area contributed by atoms with Gasteiger partial charge in [-0.3, -0.25) is 9.79 Å². The van der Waals surface area contributed by atoms with E-state index < -0.39 is 10.0 Å². The van der Waals surface area contributed by atoms with E-state index >= 15 is 0 Å². The van der Waals surface area contributed by atoms with E-state index in [1.807, 2.05) is 18.7 Å². The molecule has 0 aromatic carbocycles. The van der Waals surface area contributed by atoms with Crippen molar-refractivity contribution in [2.24, 2.45) is 16.8 Å². The van der Waals surface area contributed by atoms with Crippen LogP contribution < -0.4 is 5.32 Å². The Labute approximate surface area is 183 Å². The molecule has 2 heterocycles. The maximum atomic E-state index is 12.4. The molecular formula is C16H31IN4O4S2. The third-order valence-corrected chi connectivity index (χ3v) is 7.52. The lowest BCUT2D eigenvalue weighted by molar-refractivity contribution is -0.145. The average molecular weight is 534 g/mol. The zero-order valence-corrected chi connectivity index (χ0v) is 20.2. The summed E-state index contributed by atoms with van der Waals surface area (Å²) in [6, 6.07) is 0. The molecule has 0 aliphatic carbocycles. The highest BCUT2D eigenvalue weighted by atomic mass is 127. The van der Waals surface area contributed by atoms with Gasteiger partial charge in [-0.05, 0) is 12.8 Å². The number of guanidine groups is 1. The number of aliphatic imine (C=N–C) groups is 1. The second kappa shape index (κ2) is 11.7. The quantitative estimate of drug-likeness (QED) is 0.232. The van der Waals surface area contributed by atoms with Gasteiger partial charge in [0.05, 0.1) is 25.3 Å². The molecular weight excluding hydrogens is 503 g/mol. The van der Waals surface area contributed by atoms with Gasteiger partial charge in [-0.2, -0.15) is 11.8 Å². The molecule has 0 spiro atoms. The van der Waals surface area contributed by atoms with E-state index in [2.05, 4.69) is 10.3 Å². The molecule has 8 nitrogen and oxygen atoms in total. The minimum Gasteiger partial charge on any atom is -0.469 e. The molecule has 2 saturated heterocycles. The van der Waals surface area contributed by atoms with Gasteiger partial charge < -0.3 is 15.0 Å². The van der Waals surface area contributed by atoms with Crippen molar-refractivity contribution in [3.05, 3.63) is 0 Å². The van der Waals surface area contributed by atoms with Crippen LogP contribution in [-0.2, 0) is 19.6 Å². The molecule has 0 radical (unpaired) electrons. The maximum Gasteiger partial charge on any atom is 0.310 e. The number of thioether (sulfide) groups is 1. The first-order valence-electron chi connectivity index (χ1n) is 9.05. The summed E-state index contributed by atoms with van der Waals surface area (Å²) in [5.74, 6) is 2.16. The summed E-state index contributed by atoms with van der Waals surface area (Å²) in [4.78, 5) is 18.4. The van der Waals surface area contributed by atoms with E-state index in [0.717, 1.165) is 11.5 Å². The number of halogens is 1. The van der Waals surface area contributed by atoms with Crippen molar-refractivity contribution < 1.29 is 17.9 Å². The fraction of sp³-hybridized carbons (Fsp3) is 0.875. The van der Waals surface area contributed by atoms with E-state index in [1.54, 1.807) is 16.1 Å². The van der Waals surface area contributed by atoms with Gasteiger partial charge in [-0.25, -0.2) is 12.7 Å². The Hall–Kier alpha value is -0.270. The molecule has 2 aliphatic rings. The molecule has 2 atom stereocenters. The van der Waals surface area contributed by atoms with Crippen molar-refractivity contribution in [1.29, 1.82) is 0 Å². The van der Waals surface area contributed by atoms with E-state index in [1.165, 1.54) is 7.11 Å². The van der Waals surface area contributed by atoms with Crippen LogP contribution in [0.5, 0.6) is 0 Å². The van der Waals surface area contributed by atoms with Crippen LogP contribution in [0.2, 0.25) is 0 Å². The third kappa shape index (κ3) is 6.93. The Balaban J connectivity index is 0.00000364. The number of esters is 1. The zero-order valence-electron chi connectivity index (χ0n) is 16.2. The number of likely N-dealkylation sites (tertiary alicyclic amines) is 1. The Kier molecular flexibility index (Phi) is 10.7. The van der Waals surface area contributed by atoms with E-state index in [9.17, 15) is 13.2 Å². The summed E-state index contributed by atoms with van der Waals surface area (Å²) < 4.78 is 31.3. The van der Waals surface area contributed by atoms with E-state index in [4.69, 9.17) is 4.74 Å². The van der Waals surface area contributed by atoms with Crippen LogP contribution in [-0.4, -0.2) is 93.2 Å². The van der Waals surface area contributed by atoms with E-state index in [-0.39, 0.29) is 54.1 Å². The highest BCUT2D eigenvalue weighted by molar-refractivity contribution is 14.0. The summed E-state index contributed by atoms with van der Waals surface area (Å²) in [7, 11) is -1.86. The minimum absolute atomic E-state index is 0. The van der Waals surface area contributed by atoms with E-state index in [0.29, 0.717) is 38.7 Å². The zero-order chi connectivity index (χ0) is 19.2. The molecule has 0 saturated carbocycles.